The summed E-state index contributed by atoms with van der Waals surface area (Å²) >= 11 is 5.83. The van der Waals surface area contributed by atoms with Crippen LogP contribution in [0, 0.1) is 0 Å². The molecule has 1 atom stereocenters. The number of likely N-dealkylation sites (tertiary alicyclic amines) is 1. The van der Waals surface area contributed by atoms with E-state index in [9.17, 15) is 22.8 Å². The molecule has 0 spiro atoms. The van der Waals surface area contributed by atoms with Gasteiger partial charge in [-0.05, 0) is 50.7 Å². The van der Waals surface area contributed by atoms with Crippen molar-refractivity contribution in [3.05, 3.63) is 64.6 Å². The molecular formula is C30H33ClF3N7O3. The molecule has 1 aromatic carbocycles. The third-order valence-corrected chi connectivity index (χ3v) is 7.98. The van der Waals surface area contributed by atoms with Gasteiger partial charge in [-0.15, -0.1) is 0 Å². The number of hydrogen-bond acceptors (Lipinski definition) is 8. The summed E-state index contributed by atoms with van der Waals surface area (Å²) in [5, 5.41) is 2.95. The summed E-state index contributed by atoms with van der Waals surface area (Å²) in [6, 6.07) is 6.38. The van der Waals surface area contributed by atoms with Crippen molar-refractivity contribution in [1.29, 1.82) is 0 Å². The van der Waals surface area contributed by atoms with Gasteiger partial charge < -0.3 is 24.8 Å². The maximum atomic E-state index is 13.8. The quantitative estimate of drug-likeness (QED) is 0.391. The van der Waals surface area contributed by atoms with Crippen LogP contribution in [0.1, 0.15) is 46.7 Å². The average molecular weight is 632 g/mol. The molecule has 0 saturated carbocycles. The van der Waals surface area contributed by atoms with Crippen molar-refractivity contribution in [2.75, 3.05) is 51.3 Å². The maximum Gasteiger partial charge on any atom is 0.417 e. The zero-order valence-corrected chi connectivity index (χ0v) is 25.3. The Labute approximate surface area is 258 Å². The van der Waals surface area contributed by atoms with Gasteiger partial charge in [0.1, 0.15) is 0 Å². The first kappa shape index (κ1) is 31.5. The number of pyridine rings is 1. The van der Waals surface area contributed by atoms with Crippen molar-refractivity contribution < 1.29 is 27.5 Å². The van der Waals surface area contributed by atoms with Crippen LogP contribution >= 0.6 is 11.6 Å². The van der Waals surface area contributed by atoms with Crippen LogP contribution in [-0.4, -0.2) is 95.0 Å². The molecule has 2 aliphatic rings. The third kappa shape index (κ3) is 6.58. The second-order valence-electron chi connectivity index (χ2n) is 10.8. The van der Waals surface area contributed by atoms with Gasteiger partial charge in [-0.1, -0.05) is 18.5 Å². The molecule has 1 N–H and O–H groups in total. The number of halogens is 4. The van der Waals surface area contributed by atoms with Gasteiger partial charge in [0.25, 0.3) is 11.8 Å². The zero-order valence-electron chi connectivity index (χ0n) is 24.6. The van der Waals surface area contributed by atoms with Crippen LogP contribution in [-0.2, 0) is 6.18 Å². The number of ether oxygens (including phenoxy) is 1. The molecule has 10 nitrogen and oxygen atoms in total. The van der Waals surface area contributed by atoms with Crippen LogP contribution in [0.3, 0.4) is 0 Å². The summed E-state index contributed by atoms with van der Waals surface area (Å²) in [5.74, 6) is -0.786. The number of nitrogens with one attached hydrogen (secondary N) is 1. The van der Waals surface area contributed by atoms with E-state index >= 15 is 0 Å². The molecule has 2 fully saturated rings. The summed E-state index contributed by atoms with van der Waals surface area (Å²) in [7, 11) is 1.96. The SMILES string of the molecule is CCOc1nccnc1-c1ccc(N2CCN(C(=O)c3ccc(Cl)cc3C(F)(F)F)C[C@H]2CC)c(C(=O)NC2CN(C)C2)n1. The van der Waals surface area contributed by atoms with E-state index in [1.54, 1.807) is 12.1 Å². The minimum Gasteiger partial charge on any atom is -0.476 e. The second kappa shape index (κ2) is 12.9. The van der Waals surface area contributed by atoms with Gasteiger partial charge in [0.2, 0.25) is 5.88 Å². The van der Waals surface area contributed by atoms with Crippen LogP contribution in [0.5, 0.6) is 5.88 Å². The second-order valence-corrected chi connectivity index (χ2v) is 11.2. The molecule has 234 valence electrons. The predicted molar refractivity (Wildman–Crippen MR) is 159 cm³/mol. The van der Waals surface area contributed by atoms with E-state index < -0.39 is 23.2 Å². The third-order valence-electron chi connectivity index (χ3n) is 7.74. The Balaban J connectivity index is 1.46. The van der Waals surface area contributed by atoms with Crippen molar-refractivity contribution in [3.8, 4) is 17.3 Å². The van der Waals surface area contributed by atoms with E-state index in [1.807, 2.05) is 25.8 Å². The van der Waals surface area contributed by atoms with E-state index in [-0.39, 0.29) is 48.3 Å². The van der Waals surface area contributed by atoms with E-state index in [0.29, 0.717) is 49.1 Å². The zero-order chi connectivity index (χ0) is 31.6. The van der Waals surface area contributed by atoms with Crippen molar-refractivity contribution >= 4 is 29.1 Å². The highest BCUT2D eigenvalue weighted by atomic mass is 35.5. The van der Waals surface area contributed by atoms with Crippen LogP contribution in [0.4, 0.5) is 18.9 Å². The number of carbonyl (C=O) groups is 2. The van der Waals surface area contributed by atoms with Crippen LogP contribution in [0.2, 0.25) is 5.02 Å². The molecule has 3 aromatic rings. The molecule has 0 unspecified atom stereocenters. The van der Waals surface area contributed by atoms with E-state index in [4.69, 9.17) is 21.3 Å². The van der Waals surface area contributed by atoms with E-state index in [0.717, 1.165) is 12.1 Å². The maximum absolute atomic E-state index is 13.8. The fraction of sp³-hybridized carbons (Fsp3) is 0.433. The minimum atomic E-state index is -4.74. The number of anilines is 1. The Morgan fingerprint density at radius 3 is 2.50 bits per heavy atom. The van der Waals surface area contributed by atoms with Gasteiger partial charge in [-0.25, -0.2) is 15.0 Å². The molecule has 2 saturated heterocycles. The van der Waals surface area contributed by atoms with Crippen LogP contribution in [0.15, 0.2) is 42.7 Å². The summed E-state index contributed by atoms with van der Waals surface area (Å²) < 4.78 is 46.9. The Morgan fingerprint density at radius 2 is 1.82 bits per heavy atom. The van der Waals surface area contributed by atoms with Crippen molar-refractivity contribution in [2.24, 2.45) is 0 Å². The van der Waals surface area contributed by atoms with Crippen LogP contribution < -0.4 is 15.0 Å². The first-order valence-corrected chi connectivity index (χ1v) is 14.7. The minimum absolute atomic E-state index is 0.0278. The molecule has 2 aliphatic heterocycles. The lowest BCUT2D eigenvalue weighted by atomic mass is 10.0. The first-order chi connectivity index (χ1) is 21.0. The molecule has 4 heterocycles. The molecule has 5 rings (SSSR count). The lowest BCUT2D eigenvalue weighted by Gasteiger charge is -2.43. The van der Waals surface area contributed by atoms with Gasteiger partial charge in [-0.2, -0.15) is 13.2 Å². The Kier molecular flexibility index (Phi) is 9.26. The van der Waals surface area contributed by atoms with Gasteiger partial charge in [-0.3, -0.25) is 9.59 Å². The number of piperazine rings is 1. The van der Waals surface area contributed by atoms with Crippen molar-refractivity contribution in [2.45, 2.75) is 38.5 Å². The number of aromatic nitrogens is 3. The lowest BCUT2D eigenvalue weighted by molar-refractivity contribution is -0.138. The topological polar surface area (TPSA) is 104 Å². The smallest absolute Gasteiger partial charge is 0.417 e. The Morgan fingerprint density at radius 1 is 1.07 bits per heavy atom. The molecule has 0 bridgehead atoms. The lowest BCUT2D eigenvalue weighted by Crippen LogP contribution is -2.58. The number of rotatable bonds is 8. The fourth-order valence-corrected chi connectivity index (χ4v) is 5.76. The molecular weight excluding hydrogens is 599 g/mol. The number of amides is 2. The number of benzene rings is 1. The van der Waals surface area contributed by atoms with Crippen molar-refractivity contribution in [1.82, 2.24) is 30.1 Å². The monoisotopic (exact) mass is 631 g/mol. The number of hydrogen-bond donors (Lipinski definition) is 1. The summed E-state index contributed by atoms with van der Waals surface area (Å²) in [4.78, 5) is 45.9. The normalized spacial score (nSPS) is 17.8. The molecule has 2 aromatic heterocycles. The predicted octanol–water partition coefficient (Wildman–Crippen LogP) is 4.39. The number of carbonyl (C=O) groups excluding carboxylic acids is 2. The highest BCUT2D eigenvalue weighted by Gasteiger charge is 2.39. The molecule has 2 amide bonds. The number of nitrogens with zero attached hydrogens (tertiary/aromatic N) is 6. The molecule has 0 aliphatic carbocycles. The summed E-state index contributed by atoms with van der Waals surface area (Å²) in [5.41, 5.74) is 0.0226. The summed E-state index contributed by atoms with van der Waals surface area (Å²) in [6.07, 6.45) is -1.15. The van der Waals surface area contributed by atoms with Gasteiger partial charge in [0.15, 0.2) is 11.4 Å². The van der Waals surface area contributed by atoms with Crippen LogP contribution in [0.25, 0.3) is 11.4 Å². The van der Waals surface area contributed by atoms with Gasteiger partial charge in [0, 0.05) is 56.2 Å². The summed E-state index contributed by atoms with van der Waals surface area (Å²) in [6.45, 7) is 6.12. The Bertz CT molecular complexity index is 1530. The molecule has 14 heteroatoms. The highest BCUT2D eigenvalue weighted by molar-refractivity contribution is 6.30. The van der Waals surface area contributed by atoms with E-state index in [2.05, 4.69) is 20.2 Å². The van der Waals surface area contributed by atoms with E-state index in [1.165, 1.54) is 23.4 Å². The average Bonchev–Trinajstić information content (AvgIpc) is 2.99. The molecule has 44 heavy (non-hydrogen) atoms. The van der Waals surface area contributed by atoms with Gasteiger partial charge in [0.05, 0.1) is 35.2 Å². The largest absolute Gasteiger partial charge is 0.476 e. The highest BCUT2D eigenvalue weighted by Crippen LogP contribution is 2.35. The van der Waals surface area contributed by atoms with Crippen molar-refractivity contribution in [3.63, 3.8) is 0 Å². The number of likely N-dealkylation sites (N-methyl/N-ethyl adjacent to an activating group) is 1. The number of alkyl halides is 3. The first-order valence-electron chi connectivity index (χ1n) is 14.4. The fourth-order valence-electron chi connectivity index (χ4n) is 5.58. The Hall–Kier alpha value is -3.97. The molecule has 0 radical (unpaired) electrons. The van der Waals surface area contributed by atoms with Gasteiger partial charge >= 0.3 is 6.18 Å². The standard InChI is InChI=1S/C30H33ClF3N7O3/c1-4-20-17-40(29(43)21-7-6-18(31)14-22(21)30(32,33)34)12-13-41(20)24-9-8-23(25-28(44-5-2)36-11-10-35-25)38-26(24)27(42)37-19-15-39(3)16-19/h6-11,14,19-20H,4-5,12-13,15-17H2,1-3H3,(H,37,42)/t20-/m1/s1.